The van der Waals surface area contributed by atoms with E-state index >= 15 is 0 Å². The molecular weight excluding hydrogens is 1580 g/mol. The highest BCUT2D eigenvalue weighted by Crippen LogP contribution is 2.47. The number of aryl methyl sites for hydroxylation is 8. The van der Waals surface area contributed by atoms with Crippen molar-refractivity contribution in [2.45, 2.75) is 96.9 Å². The number of hydrogen-bond donors (Lipinski definition) is 11. The van der Waals surface area contributed by atoms with Crippen molar-refractivity contribution in [3.8, 4) is 0 Å². The number of benzene rings is 6. The quantitative estimate of drug-likeness (QED) is 0.0203. The van der Waals surface area contributed by atoms with Gasteiger partial charge in [0.05, 0.1) is 44.2 Å². The van der Waals surface area contributed by atoms with E-state index in [0.29, 0.717) is 28.0 Å². The zero-order valence-electron chi connectivity index (χ0n) is 68.6. The molecule has 624 valence electrons. The monoisotopic (exact) mass is 1680 g/mol. The van der Waals surface area contributed by atoms with Gasteiger partial charge >= 0.3 is 57.0 Å². The number of aliphatic carboxylic acids is 7. The van der Waals surface area contributed by atoms with Gasteiger partial charge in [-0.3, -0.25) is 38.3 Å². The molecule has 0 saturated carbocycles. The van der Waals surface area contributed by atoms with Gasteiger partial charge in [0.15, 0.2) is 0 Å². The maximum absolute atomic E-state index is 10.8. The number of carboxylic acids is 7. The highest BCUT2D eigenvalue weighted by atomic mass is 31.2. The molecule has 0 atom stereocenters. The molecular formula is C92H91N7O20P2. The van der Waals surface area contributed by atoms with Crippen LogP contribution in [0.4, 0.5) is 0 Å². The Kier molecular flexibility index (Phi) is 45.2. The summed E-state index contributed by atoms with van der Waals surface area (Å²) < 4.78 is 21.7. The molecule has 0 amide bonds. The molecule has 27 nitrogen and oxygen atoms in total. The van der Waals surface area contributed by atoms with Gasteiger partial charge in [-0.1, -0.05) is 173 Å². The maximum atomic E-state index is 10.8. The molecule has 0 bridgehead atoms. The number of allylic oxidation sites excluding steroid dienone is 2. The van der Waals surface area contributed by atoms with Crippen LogP contribution in [0.15, 0.2) is 226 Å². The summed E-state index contributed by atoms with van der Waals surface area (Å²) in [7, 11) is -8.52. The number of nitrogens with zero attached hydrogens (tertiary/aromatic N) is 7. The lowest BCUT2D eigenvalue weighted by Gasteiger charge is -2.03. The van der Waals surface area contributed by atoms with Gasteiger partial charge in [-0.2, -0.15) is 0 Å². The van der Waals surface area contributed by atoms with E-state index in [9.17, 15) is 42.7 Å². The minimum Gasteiger partial charge on any atom is -0.486 e. The summed E-state index contributed by atoms with van der Waals surface area (Å²) >= 11 is 0. The summed E-state index contributed by atoms with van der Waals surface area (Å²) in [5, 5.41) is 61.2. The fourth-order valence-electron chi connectivity index (χ4n) is 8.87. The van der Waals surface area contributed by atoms with Crippen LogP contribution in [-0.2, 0) is 42.7 Å². The van der Waals surface area contributed by atoms with E-state index in [-0.39, 0.29) is 27.9 Å². The number of pyridine rings is 2. The molecule has 0 aliphatic carbocycles. The molecule has 0 spiro atoms. The van der Waals surface area contributed by atoms with Gasteiger partial charge in [-0.15, -0.1) is 0 Å². The molecule has 0 aliphatic rings. The van der Waals surface area contributed by atoms with Crippen molar-refractivity contribution in [2.24, 2.45) is 0 Å². The summed E-state index contributed by atoms with van der Waals surface area (Å²) in [5.74, 6) is -7.92. The highest BCUT2D eigenvalue weighted by Gasteiger charge is 2.22. The fraction of sp³-hybridized carbons (Fsp3) is 0.152. The maximum Gasteiger partial charge on any atom is 0.358 e. The van der Waals surface area contributed by atoms with E-state index in [0.717, 1.165) is 66.9 Å². The van der Waals surface area contributed by atoms with Gasteiger partial charge in [0.25, 0.3) is 28.2 Å². The van der Waals surface area contributed by atoms with Crippen molar-refractivity contribution in [3.63, 3.8) is 0 Å². The summed E-state index contributed by atoms with van der Waals surface area (Å²) in [4.78, 5) is 133. The largest absolute Gasteiger partial charge is 0.486 e. The molecule has 2 aromatic heterocycles. The first-order valence-corrected chi connectivity index (χ1v) is 38.7. The number of carboxylic acid groups (broad SMARTS) is 7. The lowest BCUT2D eigenvalue weighted by molar-refractivity contribution is -0.133. The van der Waals surface area contributed by atoms with E-state index < -0.39 is 73.8 Å². The van der Waals surface area contributed by atoms with E-state index in [4.69, 9.17) is 88.2 Å². The van der Waals surface area contributed by atoms with Crippen molar-refractivity contribution >= 4 is 118 Å². The Morgan fingerprint density at radius 3 is 0.777 bits per heavy atom. The van der Waals surface area contributed by atoms with E-state index in [1.54, 1.807) is 86.8 Å². The molecule has 0 aliphatic heterocycles. The van der Waals surface area contributed by atoms with Crippen LogP contribution >= 0.6 is 15.2 Å². The van der Waals surface area contributed by atoms with Crippen LogP contribution in [0.3, 0.4) is 0 Å². The third-order valence-electron chi connectivity index (χ3n) is 15.1. The third-order valence-corrected chi connectivity index (χ3v) is 17.0. The predicted molar refractivity (Wildman–Crippen MR) is 469 cm³/mol. The van der Waals surface area contributed by atoms with Gasteiger partial charge in [0.2, 0.25) is 0 Å². The Morgan fingerprint density at radius 2 is 0.529 bits per heavy atom. The first kappa shape index (κ1) is 104. The molecule has 121 heavy (non-hydrogen) atoms. The predicted octanol–water partition coefficient (Wildman–Crippen LogP) is 20.0. The van der Waals surface area contributed by atoms with Gasteiger partial charge in [0, 0.05) is 34.4 Å². The van der Waals surface area contributed by atoms with Crippen LogP contribution in [0.2, 0.25) is 0 Å². The van der Waals surface area contributed by atoms with Crippen molar-refractivity contribution in [1.29, 1.82) is 0 Å². The van der Waals surface area contributed by atoms with Crippen LogP contribution in [0, 0.1) is 88.3 Å². The first-order chi connectivity index (χ1) is 56.5. The molecule has 8 aromatic rings. The van der Waals surface area contributed by atoms with Crippen LogP contribution < -0.4 is 0 Å². The normalized spacial score (nSPS) is 11.5. The van der Waals surface area contributed by atoms with Gasteiger partial charge in [0.1, 0.15) is 0 Å². The van der Waals surface area contributed by atoms with E-state index in [1.165, 1.54) is 80.0 Å². The summed E-state index contributed by atoms with van der Waals surface area (Å²) in [6.07, 6.45) is 18.0. The van der Waals surface area contributed by atoms with Gasteiger partial charge in [-0.25, -0.2) is 38.6 Å². The average Bonchev–Trinajstić information content (AvgIpc) is 0.869. The smallest absolute Gasteiger partial charge is 0.358 e. The Balaban J connectivity index is 0.000000696. The van der Waals surface area contributed by atoms with Gasteiger partial charge < -0.3 is 55.3 Å². The van der Waals surface area contributed by atoms with Crippen molar-refractivity contribution in [3.05, 3.63) is 383 Å². The molecule has 0 unspecified atom stereocenters. The molecule has 11 N–H and O–H groups in total. The Morgan fingerprint density at radius 1 is 0.281 bits per heavy atom. The second-order valence-electron chi connectivity index (χ2n) is 26.4. The SMILES string of the molecule is C/C(=C\c1cc(C)cc(/C=C(\C)C(=O)O)c1)C(=O)O.C/C(=C\c1ccc(C)cc1)C(=O)O.C/C(=C\c1ccc(C)cc1)P(=O)(O)O.CC(C)=Cc1ccc(C)cn1.[C-]#[N+]/C(=C\c1cc(C)cc(/C=C(\[N+]#[C-])C(=O)O)c1)C(=O)O.[C-]#[N+]/C(=C\c1ccc(C)cc1)C(=O)O.[C-]#[N+]/C(=C\c1ccc(C)cc1)P(=O)(O)O.[C-]#[N+]/C(=C\c1ccc(C)cn1)C(=O)O. The number of hydrogen-bond acceptors (Lipinski definition) is 11. The Bertz CT molecular complexity index is 5490. The topological polar surface area (TPSA) is 424 Å². The second-order valence-corrected chi connectivity index (χ2v) is 29.8. The molecule has 8 rings (SSSR count). The van der Waals surface area contributed by atoms with Crippen LogP contribution in [-0.4, -0.2) is 107 Å². The van der Waals surface area contributed by atoms with E-state index in [1.807, 2.05) is 152 Å². The molecule has 0 fully saturated rings. The second kappa shape index (κ2) is 52.6. The molecule has 6 aromatic carbocycles. The number of carbonyl (C=O) groups is 7. The van der Waals surface area contributed by atoms with Crippen molar-refractivity contribution in [1.82, 2.24) is 9.97 Å². The molecule has 29 heteroatoms. The van der Waals surface area contributed by atoms with Gasteiger partial charge in [-0.05, 0) is 237 Å². The number of rotatable bonds is 19. The van der Waals surface area contributed by atoms with Crippen molar-refractivity contribution < 1.29 is 98.0 Å². The zero-order chi connectivity index (χ0) is 92.0. The van der Waals surface area contributed by atoms with Crippen LogP contribution in [0.1, 0.15) is 142 Å². The zero-order valence-corrected chi connectivity index (χ0v) is 70.3. The van der Waals surface area contributed by atoms with Crippen LogP contribution in [0.25, 0.3) is 85.0 Å². The molecule has 0 saturated heterocycles. The Labute approximate surface area is 702 Å². The summed E-state index contributed by atoms with van der Waals surface area (Å²) in [6, 6.07) is 47.4. The molecule has 0 radical (unpaired) electrons. The lowest BCUT2D eigenvalue weighted by atomic mass is 10.0. The number of aromatic nitrogens is 2. The average molecular weight is 1680 g/mol. The molecule has 2 heterocycles. The standard InChI is InChI=1S/C15H10N2O4.C15H16O4.C11H9NO2.C11H12O2.C10H8N2O2.C10H10NO3P.C10H13N.C10H13O3P/c1-9-4-10(7-12(16-2)14(18)19)6-11(5-9)8-13(17-3)15(20)21;1-9-4-12(6-10(2)14(16)17)8-13(5-9)7-11(3)15(18)19;1-8-3-5-9(6-4-8)7-10(12-2)11(13)14;1-8-3-5-10(6-4-8)7-9(2)11(12)13;1-7-3-4-8(12-6-7)5-9(11-2)10(13)14;1-8-3-5-9(6-4-8)7-10(11-2)15(12,13)14;1-8(2)6-10-5-4-9(3)7-11-10;1-8-3-5-10(6-4-8)7-9(2)14(11,12)13/h4-8H,1H3,(H,18,19)(H,20,21);4-8H,1-3H3,(H,16,17)(H,18,19);3-7H,1H3,(H,13,14);3-7H,1-2H3,(H,12,13);3-6H,1H3,(H,13,14);3-7H,1H3,(H2,12,13,14);4-7H,1-3H3;3-7H,1-2H3,(H2,11,12,13)/b12-7-,13-8-;10-6+,11-7+;10-7-;9-7+;9-5-;10-7+;;9-7+. The van der Waals surface area contributed by atoms with E-state index in [2.05, 4.69) is 60.2 Å². The minimum absolute atomic E-state index is 0.0846. The lowest BCUT2D eigenvalue weighted by Crippen LogP contribution is -1.97. The first-order valence-electron chi connectivity index (χ1n) is 35.5. The van der Waals surface area contributed by atoms with Crippen LogP contribution in [0.5, 0.6) is 0 Å². The summed E-state index contributed by atoms with van der Waals surface area (Å²) in [6.45, 7) is 59.1. The highest BCUT2D eigenvalue weighted by molar-refractivity contribution is 7.57. The van der Waals surface area contributed by atoms with Crippen molar-refractivity contribution in [2.75, 3.05) is 0 Å². The summed E-state index contributed by atoms with van der Waals surface area (Å²) in [5.41, 5.74) is 15.3. The minimum atomic E-state index is -4.45. The fourth-order valence-corrected chi connectivity index (χ4v) is 9.63. The Hall–Kier alpha value is -14.9. The third kappa shape index (κ3) is 44.1.